The van der Waals surface area contributed by atoms with E-state index in [0.717, 1.165) is 25.9 Å². The second-order valence-corrected chi connectivity index (χ2v) is 7.01. The summed E-state index contributed by atoms with van der Waals surface area (Å²) in [6.07, 6.45) is 4.07. The minimum absolute atomic E-state index is 0.298. The van der Waals surface area contributed by atoms with Crippen LogP contribution in [0.1, 0.15) is 39.5 Å². The molecule has 3 unspecified atom stereocenters. The highest BCUT2D eigenvalue weighted by Crippen LogP contribution is 2.27. The minimum atomic E-state index is -0.795. The van der Waals surface area contributed by atoms with Crippen molar-refractivity contribution >= 4 is 5.97 Å². The number of nitrogens with zero attached hydrogens (tertiary/aromatic N) is 2. The molecule has 2 aliphatic rings. The quantitative estimate of drug-likeness (QED) is 0.730. The molecular formula is C15H29N3O2. The summed E-state index contributed by atoms with van der Waals surface area (Å²) in [5.41, 5.74) is -0.795. The summed E-state index contributed by atoms with van der Waals surface area (Å²) >= 11 is 0. The molecule has 2 N–H and O–H groups in total. The topological polar surface area (TPSA) is 55.8 Å². The molecule has 0 aromatic carbocycles. The lowest BCUT2D eigenvalue weighted by Gasteiger charge is -2.34. The number of likely N-dealkylation sites (N-methyl/N-ethyl adjacent to an activating group) is 1. The van der Waals surface area contributed by atoms with E-state index < -0.39 is 11.5 Å². The zero-order chi connectivity index (χ0) is 14.9. The van der Waals surface area contributed by atoms with E-state index in [0.29, 0.717) is 24.5 Å². The number of hydrogen-bond donors (Lipinski definition) is 2. The molecular weight excluding hydrogens is 254 g/mol. The zero-order valence-corrected chi connectivity index (χ0v) is 13.2. The van der Waals surface area contributed by atoms with Gasteiger partial charge in [-0.05, 0) is 53.6 Å². The van der Waals surface area contributed by atoms with Gasteiger partial charge < -0.3 is 10.0 Å². The van der Waals surface area contributed by atoms with Gasteiger partial charge in [-0.1, -0.05) is 0 Å². The minimum Gasteiger partial charge on any atom is -0.480 e. The summed E-state index contributed by atoms with van der Waals surface area (Å²) < 4.78 is 0. The standard InChI is InChI=1S/C15H29N3O2/c1-11(18-8-7-13(10-18)17(3)4)9-15(2,14(19)20)16-12-5-6-12/h11-13,16H,5-10H2,1-4H3,(H,19,20). The maximum Gasteiger partial charge on any atom is 0.323 e. The smallest absolute Gasteiger partial charge is 0.323 e. The number of rotatable bonds is 7. The van der Waals surface area contributed by atoms with Crippen LogP contribution >= 0.6 is 0 Å². The predicted molar refractivity (Wildman–Crippen MR) is 79.9 cm³/mol. The summed E-state index contributed by atoms with van der Waals surface area (Å²) in [6.45, 7) is 6.12. The first-order valence-electron chi connectivity index (χ1n) is 7.73. The number of nitrogens with one attached hydrogen (secondary N) is 1. The van der Waals surface area contributed by atoms with Crippen LogP contribution in [-0.4, -0.2) is 71.7 Å². The molecule has 1 saturated carbocycles. The Balaban J connectivity index is 1.91. The number of carbonyl (C=O) groups is 1. The molecule has 0 aromatic heterocycles. The number of carboxylic acids is 1. The molecule has 1 aliphatic heterocycles. The third-order valence-electron chi connectivity index (χ3n) is 4.82. The van der Waals surface area contributed by atoms with E-state index in [1.807, 2.05) is 6.92 Å². The first-order chi connectivity index (χ1) is 9.32. The zero-order valence-electron chi connectivity index (χ0n) is 13.2. The molecule has 3 atom stereocenters. The lowest BCUT2D eigenvalue weighted by Crippen LogP contribution is -2.54. The number of hydrogen-bond acceptors (Lipinski definition) is 4. The maximum atomic E-state index is 11.6. The van der Waals surface area contributed by atoms with Gasteiger partial charge in [-0.2, -0.15) is 0 Å². The molecule has 1 aliphatic carbocycles. The first kappa shape index (κ1) is 15.7. The summed E-state index contributed by atoms with van der Waals surface area (Å²) in [7, 11) is 4.24. The summed E-state index contributed by atoms with van der Waals surface area (Å²) in [6, 6.07) is 1.31. The average Bonchev–Trinajstić information content (AvgIpc) is 3.01. The van der Waals surface area contributed by atoms with Gasteiger partial charge in [-0.3, -0.25) is 15.0 Å². The SMILES string of the molecule is CC(CC(C)(NC1CC1)C(=O)O)N1CCC(N(C)C)C1. The molecule has 0 aromatic rings. The van der Waals surface area contributed by atoms with Crippen LogP contribution in [0, 0.1) is 0 Å². The average molecular weight is 283 g/mol. The van der Waals surface area contributed by atoms with Crippen LogP contribution in [0.25, 0.3) is 0 Å². The Morgan fingerprint density at radius 3 is 2.55 bits per heavy atom. The van der Waals surface area contributed by atoms with Crippen molar-refractivity contribution < 1.29 is 9.90 Å². The van der Waals surface area contributed by atoms with Gasteiger partial charge >= 0.3 is 5.97 Å². The van der Waals surface area contributed by atoms with Crippen LogP contribution in [-0.2, 0) is 4.79 Å². The molecule has 1 saturated heterocycles. The fourth-order valence-electron chi connectivity index (χ4n) is 3.20. The largest absolute Gasteiger partial charge is 0.480 e. The van der Waals surface area contributed by atoms with Crippen molar-refractivity contribution in [3.63, 3.8) is 0 Å². The fraction of sp³-hybridized carbons (Fsp3) is 0.933. The third-order valence-corrected chi connectivity index (χ3v) is 4.82. The second-order valence-electron chi connectivity index (χ2n) is 7.01. The summed E-state index contributed by atoms with van der Waals surface area (Å²) in [5, 5.41) is 12.9. The highest BCUT2D eigenvalue weighted by atomic mass is 16.4. The fourth-order valence-corrected chi connectivity index (χ4v) is 3.20. The van der Waals surface area contributed by atoms with Gasteiger partial charge in [-0.25, -0.2) is 0 Å². The third kappa shape index (κ3) is 3.71. The molecule has 0 radical (unpaired) electrons. The molecule has 20 heavy (non-hydrogen) atoms. The molecule has 2 fully saturated rings. The van der Waals surface area contributed by atoms with Gasteiger partial charge in [0.15, 0.2) is 0 Å². The van der Waals surface area contributed by atoms with Gasteiger partial charge in [0.1, 0.15) is 5.54 Å². The van der Waals surface area contributed by atoms with Crippen LogP contribution in [0.2, 0.25) is 0 Å². The molecule has 5 heteroatoms. The van der Waals surface area contributed by atoms with Crippen LogP contribution in [0.4, 0.5) is 0 Å². The lowest BCUT2D eigenvalue weighted by atomic mass is 9.92. The van der Waals surface area contributed by atoms with Crippen molar-refractivity contribution in [2.45, 2.75) is 63.2 Å². The van der Waals surface area contributed by atoms with Crippen LogP contribution in [0.15, 0.2) is 0 Å². The Kier molecular flexibility index (Phi) is 4.72. The van der Waals surface area contributed by atoms with E-state index in [-0.39, 0.29) is 0 Å². The van der Waals surface area contributed by atoms with Crippen molar-refractivity contribution in [1.29, 1.82) is 0 Å². The second kappa shape index (κ2) is 6.00. The highest BCUT2D eigenvalue weighted by molar-refractivity contribution is 5.78. The molecule has 0 spiro atoms. The van der Waals surface area contributed by atoms with E-state index >= 15 is 0 Å². The van der Waals surface area contributed by atoms with Crippen LogP contribution in [0.3, 0.4) is 0 Å². The Bertz CT molecular complexity index is 357. The van der Waals surface area contributed by atoms with E-state index in [2.05, 4.69) is 36.1 Å². The molecule has 116 valence electrons. The van der Waals surface area contributed by atoms with Gasteiger partial charge in [0, 0.05) is 31.2 Å². The Morgan fingerprint density at radius 1 is 1.45 bits per heavy atom. The normalized spacial score (nSPS) is 28.6. The van der Waals surface area contributed by atoms with Gasteiger partial charge in [0.25, 0.3) is 0 Å². The monoisotopic (exact) mass is 283 g/mol. The van der Waals surface area contributed by atoms with Crippen LogP contribution in [0.5, 0.6) is 0 Å². The number of likely N-dealkylation sites (tertiary alicyclic amines) is 1. The number of carboxylic acid groups (broad SMARTS) is 1. The highest BCUT2D eigenvalue weighted by Gasteiger charge is 2.41. The summed E-state index contributed by atoms with van der Waals surface area (Å²) in [5.74, 6) is -0.723. The Hall–Kier alpha value is -0.650. The van der Waals surface area contributed by atoms with Gasteiger partial charge in [0.2, 0.25) is 0 Å². The first-order valence-corrected chi connectivity index (χ1v) is 7.73. The number of aliphatic carboxylic acids is 1. The van der Waals surface area contributed by atoms with E-state index in [9.17, 15) is 9.90 Å². The molecule has 0 amide bonds. The van der Waals surface area contributed by atoms with Crippen molar-refractivity contribution in [2.24, 2.45) is 0 Å². The van der Waals surface area contributed by atoms with E-state index in [4.69, 9.17) is 0 Å². The molecule has 2 rings (SSSR count). The Morgan fingerprint density at radius 2 is 2.10 bits per heavy atom. The van der Waals surface area contributed by atoms with E-state index in [1.165, 1.54) is 6.42 Å². The maximum absolute atomic E-state index is 11.6. The molecule has 5 nitrogen and oxygen atoms in total. The van der Waals surface area contributed by atoms with Crippen molar-refractivity contribution in [3.8, 4) is 0 Å². The molecule has 1 heterocycles. The van der Waals surface area contributed by atoms with Gasteiger partial charge in [0.05, 0.1) is 0 Å². The summed E-state index contributed by atoms with van der Waals surface area (Å²) in [4.78, 5) is 16.3. The van der Waals surface area contributed by atoms with E-state index in [1.54, 1.807) is 0 Å². The van der Waals surface area contributed by atoms with Crippen LogP contribution < -0.4 is 5.32 Å². The van der Waals surface area contributed by atoms with Gasteiger partial charge in [-0.15, -0.1) is 0 Å². The lowest BCUT2D eigenvalue weighted by molar-refractivity contribution is -0.145. The van der Waals surface area contributed by atoms with Crippen molar-refractivity contribution in [3.05, 3.63) is 0 Å². The molecule has 0 bridgehead atoms. The van der Waals surface area contributed by atoms with Crippen molar-refractivity contribution in [2.75, 3.05) is 27.2 Å². The predicted octanol–water partition coefficient (Wildman–Crippen LogP) is 0.996. The van der Waals surface area contributed by atoms with Crippen molar-refractivity contribution in [1.82, 2.24) is 15.1 Å². The Labute approximate surface area is 122 Å².